The summed E-state index contributed by atoms with van der Waals surface area (Å²) in [4.78, 5) is 11.5. The minimum atomic E-state index is -0.172. The summed E-state index contributed by atoms with van der Waals surface area (Å²) in [5, 5.41) is 3.10. The summed E-state index contributed by atoms with van der Waals surface area (Å²) in [5.74, 6) is 0.444. The van der Waals surface area contributed by atoms with Gasteiger partial charge < -0.3 is 10.1 Å². The summed E-state index contributed by atoms with van der Waals surface area (Å²) in [6, 6.07) is 9.05. The maximum Gasteiger partial charge on any atom is 0.328 e. The second-order valence-corrected chi connectivity index (χ2v) is 3.38. The number of esters is 1. The van der Waals surface area contributed by atoms with E-state index in [2.05, 4.69) is 5.32 Å². The Labute approximate surface area is 95.2 Å². The molecule has 2 rings (SSSR count). The number of hydrogen-bond donors (Lipinski definition) is 1. The molecule has 0 radical (unpaired) electrons. The van der Waals surface area contributed by atoms with Gasteiger partial charge in [-0.05, 0) is 31.5 Å². The third-order valence-electron chi connectivity index (χ3n) is 2.31. The topological polar surface area (TPSA) is 38.3 Å². The van der Waals surface area contributed by atoms with Gasteiger partial charge in [0.2, 0.25) is 0 Å². The van der Waals surface area contributed by atoms with Crippen molar-refractivity contribution >= 4 is 18.4 Å². The van der Waals surface area contributed by atoms with E-state index in [-0.39, 0.29) is 24.4 Å². The highest BCUT2D eigenvalue weighted by molar-refractivity contribution is 5.85. The maximum atomic E-state index is 11.5. The van der Waals surface area contributed by atoms with Crippen LogP contribution in [0.1, 0.15) is 12.8 Å². The third kappa shape index (κ3) is 3.22. The number of rotatable bonds is 2. The first-order valence-electron chi connectivity index (χ1n) is 4.86. The van der Waals surface area contributed by atoms with E-state index in [1.807, 2.05) is 18.2 Å². The van der Waals surface area contributed by atoms with Crippen LogP contribution in [0.25, 0.3) is 0 Å². The molecule has 0 aliphatic carbocycles. The second kappa shape index (κ2) is 5.73. The molecule has 82 valence electrons. The Balaban J connectivity index is 0.00000112. The zero-order chi connectivity index (χ0) is 9.80. The molecule has 0 spiro atoms. The Morgan fingerprint density at radius 2 is 2.07 bits per heavy atom. The molecule has 1 heterocycles. The lowest BCUT2D eigenvalue weighted by Crippen LogP contribution is -2.34. The van der Waals surface area contributed by atoms with Crippen molar-refractivity contribution in [2.45, 2.75) is 18.9 Å². The van der Waals surface area contributed by atoms with Crippen molar-refractivity contribution in [2.75, 3.05) is 6.54 Å². The Bertz CT molecular complexity index is 310. The largest absolute Gasteiger partial charge is 0.425 e. The van der Waals surface area contributed by atoms with Gasteiger partial charge in [0, 0.05) is 0 Å². The molecule has 0 amide bonds. The quantitative estimate of drug-likeness (QED) is 0.618. The molecule has 0 unspecified atom stereocenters. The molecule has 4 heteroatoms. The second-order valence-electron chi connectivity index (χ2n) is 3.38. The van der Waals surface area contributed by atoms with Crippen LogP contribution < -0.4 is 10.1 Å². The highest BCUT2D eigenvalue weighted by Crippen LogP contribution is 2.12. The first-order chi connectivity index (χ1) is 6.86. The lowest BCUT2D eigenvalue weighted by atomic mass is 10.2. The molecule has 1 aromatic carbocycles. The monoisotopic (exact) mass is 227 g/mol. The minimum absolute atomic E-state index is 0. The normalized spacial score (nSPS) is 19.3. The molecule has 1 atom stereocenters. The highest BCUT2D eigenvalue weighted by Gasteiger charge is 2.23. The summed E-state index contributed by atoms with van der Waals surface area (Å²) >= 11 is 0. The van der Waals surface area contributed by atoms with Gasteiger partial charge in [0.25, 0.3) is 0 Å². The van der Waals surface area contributed by atoms with Crippen LogP contribution in [0.15, 0.2) is 30.3 Å². The molecule has 0 aromatic heterocycles. The number of benzene rings is 1. The first-order valence-corrected chi connectivity index (χ1v) is 4.86. The molecule has 3 nitrogen and oxygen atoms in total. The number of hydrogen-bond acceptors (Lipinski definition) is 3. The van der Waals surface area contributed by atoms with Gasteiger partial charge in [0.05, 0.1) is 0 Å². The van der Waals surface area contributed by atoms with Crippen molar-refractivity contribution in [1.29, 1.82) is 0 Å². The van der Waals surface area contributed by atoms with E-state index in [1.54, 1.807) is 12.1 Å². The SMILES string of the molecule is Cl.O=C(Oc1ccccc1)[C@@H]1CCCN1. The Kier molecular flexibility index (Phi) is 4.59. The van der Waals surface area contributed by atoms with E-state index in [1.165, 1.54) is 0 Å². The number of nitrogens with one attached hydrogen (secondary N) is 1. The fourth-order valence-corrected chi connectivity index (χ4v) is 1.56. The Hall–Kier alpha value is -1.06. The van der Waals surface area contributed by atoms with Crippen molar-refractivity contribution in [2.24, 2.45) is 0 Å². The summed E-state index contributed by atoms with van der Waals surface area (Å²) in [6.07, 6.45) is 1.93. The van der Waals surface area contributed by atoms with Gasteiger partial charge in [-0.3, -0.25) is 0 Å². The van der Waals surface area contributed by atoms with Crippen LogP contribution in [0.2, 0.25) is 0 Å². The van der Waals surface area contributed by atoms with Crippen LogP contribution in [0.4, 0.5) is 0 Å². The smallest absolute Gasteiger partial charge is 0.328 e. The van der Waals surface area contributed by atoms with Crippen molar-refractivity contribution in [3.63, 3.8) is 0 Å². The van der Waals surface area contributed by atoms with Crippen molar-refractivity contribution < 1.29 is 9.53 Å². The number of carbonyl (C=O) groups is 1. The van der Waals surface area contributed by atoms with Gasteiger partial charge in [-0.2, -0.15) is 0 Å². The van der Waals surface area contributed by atoms with Crippen molar-refractivity contribution in [3.05, 3.63) is 30.3 Å². The van der Waals surface area contributed by atoms with E-state index in [0.717, 1.165) is 19.4 Å². The summed E-state index contributed by atoms with van der Waals surface area (Å²) < 4.78 is 5.20. The molecule has 0 saturated carbocycles. The van der Waals surface area contributed by atoms with Crippen LogP contribution in [0, 0.1) is 0 Å². The van der Waals surface area contributed by atoms with E-state index >= 15 is 0 Å². The van der Waals surface area contributed by atoms with Crippen molar-refractivity contribution in [1.82, 2.24) is 5.32 Å². The van der Waals surface area contributed by atoms with Crippen LogP contribution in [-0.2, 0) is 4.79 Å². The molecular formula is C11H14ClNO2. The molecule has 1 aliphatic rings. The van der Waals surface area contributed by atoms with Crippen molar-refractivity contribution in [3.8, 4) is 5.75 Å². The first kappa shape index (κ1) is 12.0. The lowest BCUT2D eigenvalue weighted by Gasteiger charge is -2.09. The van der Waals surface area contributed by atoms with Crippen LogP contribution in [0.5, 0.6) is 5.75 Å². The van der Waals surface area contributed by atoms with E-state index in [0.29, 0.717) is 5.75 Å². The highest BCUT2D eigenvalue weighted by atomic mass is 35.5. The number of carbonyl (C=O) groups excluding carboxylic acids is 1. The molecule has 0 bridgehead atoms. The predicted octanol–water partition coefficient (Wildman–Crippen LogP) is 1.77. The average molecular weight is 228 g/mol. The zero-order valence-electron chi connectivity index (χ0n) is 8.31. The third-order valence-corrected chi connectivity index (χ3v) is 2.31. The minimum Gasteiger partial charge on any atom is -0.425 e. The van der Waals surface area contributed by atoms with E-state index < -0.39 is 0 Å². The summed E-state index contributed by atoms with van der Waals surface area (Å²) in [5.41, 5.74) is 0. The lowest BCUT2D eigenvalue weighted by molar-refractivity contribution is -0.136. The summed E-state index contributed by atoms with van der Waals surface area (Å²) in [7, 11) is 0. The zero-order valence-corrected chi connectivity index (χ0v) is 9.13. The van der Waals surface area contributed by atoms with Gasteiger partial charge in [-0.1, -0.05) is 18.2 Å². The number of ether oxygens (including phenoxy) is 1. The Morgan fingerprint density at radius 3 is 2.67 bits per heavy atom. The average Bonchev–Trinajstić information content (AvgIpc) is 2.72. The fraction of sp³-hybridized carbons (Fsp3) is 0.364. The van der Waals surface area contributed by atoms with Gasteiger partial charge in [-0.15, -0.1) is 12.4 Å². The molecule has 1 aliphatic heterocycles. The van der Waals surface area contributed by atoms with E-state index in [9.17, 15) is 4.79 Å². The van der Waals surface area contributed by atoms with E-state index in [4.69, 9.17) is 4.74 Å². The van der Waals surface area contributed by atoms with Gasteiger partial charge in [-0.25, -0.2) is 4.79 Å². The van der Waals surface area contributed by atoms with Crippen LogP contribution in [0.3, 0.4) is 0 Å². The molecule has 1 saturated heterocycles. The molecule has 1 aromatic rings. The number of para-hydroxylation sites is 1. The van der Waals surface area contributed by atoms with Gasteiger partial charge in [0.1, 0.15) is 11.8 Å². The number of halogens is 1. The molecule has 15 heavy (non-hydrogen) atoms. The van der Waals surface area contributed by atoms with Crippen LogP contribution >= 0.6 is 12.4 Å². The predicted molar refractivity (Wildman–Crippen MR) is 60.3 cm³/mol. The molecule has 1 fully saturated rings. The Morgan fingerprint density at radius 1 is 1.33 bits per heavy atom. The van der Waals surface area contributed by atoms with Gasteiger partial charge >= 0.3 is 5.97 Å². The summed E-state index contributed by atoms with van der Waals surface area (Å²) in [6.45, 7) is 0.911. The molecule has 1 N–H and O–H groups in total. The standard InChI is InChI=1S/C11H13NO2.ClH/c13-11(10-7-4-8-12-10)14-9-5-2-1-3-6-9;/h1-3,5-6,10,12H,4,7-8H2;1H/t10-;/m0./s1. The van der Waals surface area contributed by atoms with Gasteiger partial charge in [0.15, 0.2) is 0 Å². The maximum absolute atomic E-state index is 11.5. The fourth-order valence-electron chi connectivity index (χ4n) is 1.56. The molecular weight excluding hydrogens is 214 g/mol. The van der Waals surface area contributed by atoms with Crippen LogP contribution in [-0.4, -0.2) is 18.6 Å².